The van der Waals surface area contributed by atoms with Crippen LogP contribution in [0.3, 0.4) is 0 Å². The molecule has 10 heteroatoms. The minimum Gasteiger partial charge on any atom is -0.278 e. The molecule has 0 aliphatic carbocycles. The van der Waals surface area contributed by atoms with Crippen molar-refractivity contribution >= 4 is 22.7 Å². The lowest BCUT2D eigenvalue weighted by molar-refractivity contribution is 0.627. The fourth-order valence-electron chi connectivity index (χ4n) is 2.90. The quantitative estimate of drug-likeness (QED) is 0.399. The summed E-state index contributed by atoms with van der Waals surface area (Å²) in [4.78, 5) is 16.4. The number of aromatic nitrogens is 5. The Bertz CT molecular complexity index is 1260. The van der Waals surface area contributed by atoms with Gasteiger partial charge in [-0.05, 0) is 29.8 Å². The number of hydrogen-bond acceptors (Lipinski definition) is 6. The first kappa shape index (κ1) is 18.4. The molecule has 4 aromatic rings. The van der Waals surface area contributed by atoms with Gasteiger partial charge in [-0.25, -0.2) is 18.9 Å². The van der Waals surface area contributed by atoms with Crippen LogP contribution < -0.4 is 11.0 Å². The third kappa shape index (κ3) is 3.86. The van der Waals surface area contributed by atoms with Gasteiger partial charge < -0.3 is 0 Å². The Morgan fingerprint density at radius 2 is 2.00 bits per heavy atom. The standard InChI is InChI=1S/C19H15F2N7O/c1-28-17(22-10-24-28)8-16-18-14(19(29)27-26-16)6-13(21)7-15(18)25-23-9-11-2-4-12(20)5-3-11/h2-7,9-10,25H,8H2,1H3,(H,27,29)/b23-9-. The van der Waals surface area contributed by atoms with E-state index in [9.17, 15) is 13.6 Å². The zero-order valence-corrected chi connectivity index (χ0v) is 15.2. The molecule has 4 rings (SSSR count). The topological polar surface area (TPSA) is 101 Å². The Morgan fingerprint density at radius 3 is 2.72 bits per heavy atom. The van der Waals surface area contributed by atoms with Crippen molar-refractivity contribution in [3.8, 4) is 0 Å². The lowest BCUT2D eigenvalue weighted by Gasteiger charge is -2.10. The number of rotatable bonds is 5. The summed E-state index contributed by atoms with van der Waals surface area (Å²) in [6, 6.07) is 8.09. The molecule has 2 N–H and O–H groups in total. The number of halogens is 2. The van der Waals surface area contributed by atoms with Gasteiger partial charge in [0, 0.05) is 12.4 Å². The molecule has 0 atom stereocenters. The van der Waals surface area contributed by atoms with Crippen LogP contribution in [0.1, 0.15) is 17.1 Å². The van der Waals surface area contributed by atoms with E-state index in [4.69, 9.17) is 0 Å². The second-order valence-electron chi connectivity index (χ2n) is 6.27. The summed E-state index contributed by atoms with van der Waals surface area (Å²) in [7, 11) is 1.74. The molecular formula is C19H15F2N7O. The number of H-pyrrole nitrogens is 1. The van der Waals surface area contributed by atoms with Gasteiger partial charge >= 0.3 is 0 Å². The van der Waals surface area contributed by atoms with Crippen LogP contribution in [0.2, 0.25) is 0 Å². The number of fused-ring (bicyclic) bond motifs is 1. The molecule has 0 amide bonds. The molecular weight excluding hydrogens is 380 g/mol. The first-order valence-corrected chi connectivity index (χ1v) is 8.59. The van der Waals surface area contributed by atoms with E-state index in [2.05, 4.69) is 30.8 Å². The maximum Gasteiger partial charge on any atom is 0.272 e. The maximum absolute atomic E-state index is 14.1. The fraction of sp³-hybridized carbons (Fsp3) is 0.105. The minimum absolute atomic E-state index is 0.136. The molecule has 146 valence electrons. The van der Waals surface area contributed by atoms with Crippen molar-refractivity contribution in [1.29, 1.82) is 0 Å². The van der Waals surface area contributed by atoms with Crippen LogP contribution in [0, 0.1) is 11.6 Å². The fourth-order valence-corrected chi connectivity index (χ4v) is 2.90. The molecule has 0 aliphatic rings. The first-order valence-electron chi connectivity index (χ1n) is 8.59. The molecule has 0 fully saturated rings. The third-order valence-electron chi connectivity index (χ3n) is 4.33. The van der Waals surface area contributed by atoms with E-state index in [0.29, 0.717) is 22.5 Å². The molecule has 2 aromatic heterocycles. The Morgan fingerprint density at radius 1 is 1.21 bits per heavy atom. The number of nitrogens with zero attached hydrogens (tertiary/aromatic N) is 5. The van der Waals surface area contributed by atoms with Crippen molar-refractivity contribution < 1.29 is 8.78 Å². The van der Waals surface area contributed by atoms with E-state index >= 15 is 0 Å². The molecule has 8 nitrogen and oxygen atoms in total. The van der Waals surface area contributed by atoms with Crippen LogP contribution in [0.4, 0.5) is 14.5 Å². The maximum atomic E-state index is 14.1. The van der Waals surface area contributed by atoms with Crippen LogP contribution in [0.15, 0.2) is 52.6 Å². The molecule has 29 heavy (non-hydrogen) atoms. The van der Waals surface area contributed by atoms with Crippen LogP contribution in [-0.4, -0.2) is 31.2 Å². The minimum atomic E-state index is -0.599. The molecule has 0 saturated heterocycles. The van der Waals surface area contributed by atoms with Gasteiger partial charge in [-0.1, -0.05) is 12.1 Å². The van der Waals surface area contributed by atoms with Gasteiger partial charge in [0.2, 0.25) is 0 Å². The van der Waals surface area contributed by atoms with Gasteiger partial charge in [0.05, 0.1) is 29.4 Å². The van der Waals surface area contributed by atoms with Gasteiger partial charge in [-0.3, -0.25) is 14.9 Å². The molecule has 2 aromatic carbocycles. The monoisotopic (exact) mass is 395 g/mol. The Balaban J connectivity index is 1.75. The van der Waals surface area contributed by atoms with Gasteiger partial charge in [0.1, 0.15) is 23.8 Å². The van der Waals surface area contributed by atoms with Crippen LogP contribution in [0.25, 0.3) is 10.8 Å². The van der Waals surface area contributed by atoms with Crippen LogP contribution in [-0.2, 0) is 13.5 Å². The molecule has 0 aliphatic heterocycles. The predicted octanol–water partition coefficient (Wildman–Crippen LogP) is 2.37. The number of aromatic amines is 1. The van der Waals surface area contributed by atoms with Crippen LogP contribution in [0.5, 0.6) is 0 Å². The van der Waals surface area contributed by atoms with Crippen molar-refractivity contribution in [2.75, 3.05) is 5.43 Å². The average molecular weight is 395 g/mol. The Hall–Kier alpha value is -3.95. The van der Waals surface area contributed by atoms with Crippen molar-refractivity contribution in [1.82, 2.24) is 25.0 Å². The van der Waals surface area contributed by atoms with Gasteiger partial charge in [0.25, 0.3) is 5.56 Å². The van der Waals surface area contributed by atoms with E-state index in [-0.39, 0.29) is 23.3 Å². The second-order valence-corrected chi connectivity index (χ2v) is 6.27. The summed E-state index contributed by atoms with van der Waals surface area (Å²) in [6.07, 6.45) is 3.14. The largest absolute Gasteiger partial charge is 0.278 e. The SMILES string of the molecule is Cn1ncnc1Cc1n[nH]c(=O)c2cc(F)cc(N/N=C\c3ccc(F)cc3)c12. The Kier molecular flexibility index (Phi) is 4.82. The van der Waals surface area contributed by atoms with Crippen molar-refractivity contribution in [2.45, 2.75) is 6.42 Å². The Labute approximate surface area is 162 Å². The van der Waals surface area contributed by atoms with E-state index in [1.807, 2.05) is 0 Å². The number of aryl methyl sites for hydroxylation is 1. The molecule has 0 radical (unpaired) electrons. The van der Waals surface area contributed by atoms with Crippen molar-refractivity contribution in [3.05, 3.63) is 81.8 Å². The lowest BCUT2D eigenvalue weighted by atomic mass is 10.1. The van der Waals surface area contributed by atoms with Gasteiger partial charge in [-0.2, -0.15) is 15.3 Å². The van der Waals surface area contributed by atoms with Gasteiger partial charge in [0.15, 0.2) is 0 Å². The molecule has 0 saturated carbocycles. The second kappa shape index (κ2) is 7.58. The van der Waals surface area contributed by atoms with E-state index < -0.39 is 11.4 Å². The summed E-state index contributed by atoms with van der Waals surface area (Å²) in [6.45, 7) is 0. The first-order chi connectivity index (χ1) is 14.0. The van der Waals surface area contributed by atoms with E-state index in [1.165, 1.54) is 30.7 Å². The van der Waals surface area contributed by atoms with Crippen molar-refractivity contribution in [2.24, 2.45) is 12.1 Å². The van der Waals surface area contributed by atoms with E-state index in [1.54, 1.807) is 23.9 Å². The van der Waals surface area contributed by atoms with E-state index in [0.717, 1.165) is 6.07 Å². The highest BCUT2D eigenvalue weighted by Crippen LogP contribution is 2.26. The average Bonchev–Trinajstić information content (AvgIpc) is 3.10. The summed E-state index contributed by atoms with van der Waals surface area (Å²) in [5.74, 6) is -0.334. The zero-order valence-electron chi connectivity index (χ0n) is 15.2. The van der Waals surface area contributed by atoms with Crippen molar-refractivity contribution in [3.63, 3.8) is 0 Å². The van der Waals surface area contributed by atoms with Gasteiger partial charge in [-0.15, -0.1) is 0 Å². The summed E-state index contributed by atoms with van der Waals surface area (Å²) in [5.41, 5.74) is 3.63. The summed E-state index contributed by atoms with van der Waals surface area (Å²) >= 11 is 0. The zero-order chi connectivity index (χ0) is 20.4. The number of anilines is 1. The normalized spacial score (nSPS) is 11.4. The summed E-state index contributed by atoms with van der Waals surface area (Å²) < 4.78 is 28.7. The number of nitrogens with one attached hydrogen (secondary N) is 2. The van der Waals surface area contributed by atoms with Crippen LogP contribution >= 0.6 is 0 Å². The number of benzene rings is 2. The lowest BCUT2D eigenvalue weighted by Crippen LogP contribution is -2.14. The highest BCUT2D eigenvalue weighted by Gasteiger charge is 2.15. The third-order valence-corrected chi connectivity index (χ3v) is 4.33. The number of hydrogen-bond donors (Lipinski definition) is 2. The highest BCUT2D eigenvalue weighted by molar-refractivity contribution is 5.95. The highest BCUT2D eigenvalue weighted by atomic mass is 19.1. The summed E-state index contributed by atoms with van der Waals surface area (Å²) in [5, 5.41) is 15.2. The smallest absolute Gasteiger partial charge is 0.272 e. The predicted molar refractivity (Wildman–Crippen MR) is 104 cm³/mol. The molecule has 0 unspecified atom stereocenters. The number of hydrazone groups is 1. The molecule has 0 bridgehead atoms. The molecule has 2 heterocycles. The molecule has 0 spiro atoms.